The smallest absolute Gasteiger partial charge is 0.224 e. The van der Waals surface area contributed by atoms with Crippen molar-refractivity contribution >= 4 is 41.5 Å². The number of halogens is 1. The van der Waals surface area contributed by atoms with E-state index in [1.54, 1.807) is 7.11 Å². The van der Waals surface area contributed by atoms with Crippen molar-refractivity contribution in [2.75, 3.05) is 51.9 Å². The maximum atomic E-state index is 11.7. The van der Waals surface area contributed by atoms with Gasteiger partial charge in [0.2, 0.25) is 5.91 Å². The van der Waals surface area contributed by atoms with E-state index in [2.05, 4.69) is 22.5 Å². The molecular formula is C22H37IN4O3. The Morgan fingerprint density at radius 2 is 2.00 bits per heavy atom. The Morgan fingerprint density at radius 1 is 1.23 bits per heavy atom. The van der Waals surface area contributed by atoms with Gasteiger partial charge >= 0.3 is 0 Å². The van der Waals surface area contributed by atoms with E-state index >= 15 is 0 Å². The number of hydrogen-bond acceptors (Lipinski definition) is 4. The predicted octanol–water partition coefficient (Wildman–Crippen LogP) is 3.49. The maximum absolute atomic E-state index is 11.7. The lowest BCUT2D eigenvalue weighted by Crippen LogP contribution is -2.40. The van der Waals surface area contributed by atoms with Gasteiger partial charge in [-0.25, -0.2) is 4.99 Å². The SMILES string of the molecule is CCCC(=O)Nc1ccc(CN=C(NCC)N2CCC(COCCOC)C2)cc1.I. The summed E-state index contributed by atoms with van der Waals surface area (Å²) in [5.74, 6) is 1.54. The van der Waals surface area contributed by atoms with Crippen molar-refractivity contribution in [2.45, 2.75) is 39.7 Å². The van der Waals surface area contributed by atoms with E-state index in [0.29, 0.717) is 32.1 Å². The topological polar surface area (TPSA) is 75.2 Å². The Hall–Kier alpha value is -1.39. The molecule has 0 spiro atoms. The number of likely N-dealkylation sites (tertiary alicyclic amines) is 1. The summed E-state index contributed by atoms with van der Waals surface area (Å²) < 4.78 is 10.7. The molecule has 30 heavy (non-hydrogen) atoms. The second kappa shape index (κ2) is 15.4. The van der Waals surface area contributed by atoms with Crippen LogP contribution in [-0.2, 0) is 20.8 Å². The maximum Gasteiger partial charge on any atom is 0.224 e. The quantitative estimate of drug-likeness (QED) is 0.198. The molecule has 1 aliphatic rings. The lowest BCUT2D eigenvalue weighted by Gasteiger charge is -2.21. The molecule has 2 rings (SSSR count). The average Bonchev–Trinajstić information content (AvgIpc) is 3.18. The van der Waals surface area contributed by atoms with Gasteiger partial charge in [0.25, 0.3) is 0 Å². The zero-order chi connectivity index (χ0) is 20.9. The van der Waals surface area contributed by atoms with Gasteiger partial charge in [0.15, 0.2) is 5.96 Å². The van der Waals surface area contributed by atoms with Crippen molar-refractivity contribution in [3.8, 4) is 0 Å². The molecule has 0 radical (unpaired) electrons. The molecule has 2 N–H and O–H groups in total. The van der Waals surface area contributed by atoms with Crippen LogP contribution in [0.1, 0.15) is 38.7 Å². The molecule has 1 aromatic rings. The number of hydrogen-bond donors (Lipinski definition) is 2. The molecule has 0 aliphatic carbocycles. The summed E-state index contributed by atoms with van der Waals surface area (Å²) in [5, 5.41) is 6.32. The fraction of sp³-hybridized carbons (Fsp3) is 0.636. The molecule has 1 aliphatic heterocycles. The number of ether oxygens (including phenoxy) is 2. The molecule has 7 nitrogen and oxygen atoms in total. The van der Waals surface area contributed by atoms with Crippen LogP contribution in [0.25, 0.3) is 0 Å². The van der Waals surface area contributed by atoms with E-state index in [0.717, 1.165) is 56.3 Å². The highest BCUT2D eigenvalue weighted by atomic mass is 127. The molecule has 0 bridgehead atoms. The van der Waals surface area contributed by atoms with E-state index in [-0.39, 0.29) is 29.9 Å². The summed E-state index contributed by atoms with van der Waals surface area (Å²) in [6.07, 6.45) is 2.51. The zero-order valence-electron chi connectivity index (χ0n) is 18.5. The van der Waals surface area contributed by atoms with Crippen LogP contribution < -0.4 is 10.6 Å². The Balaban J connectivity index is 0.00000450. The van der Waals surface area contributed by atoms with E-state index in [1.807, 2.05) is 31.2 Å². The van der Waals surface area contributed by atoms with Gasteiger partial charge in [0, 0.05) is 44.8 Å². The monoisotopic (exact) mass is 532 g/mol. The third kappa shape index (κ3) is 9.61. The molecule has 1 atom stereocenters. The minimum absolute atomic E-state index is 0. The minimum atomic E-state index is 0. The van der Waals surface area contributed by atoms with Gasteiger partial charge in [0.1, 0.15) is 0 Å². The second-order valence-electron chi connectivity index (χ2n) is 7.33. The summed E-state index contributed by atoms with van der Waals surface area (Å²) in [6.45, 7) is 9.55. The van der Waals surface area contributed by atoms with Gasteiger partial charge < -0.3 is 25.0 Å². The lowest BCUT2D eigenvalue weighted by atomic mass is 10.1. The summed E-state index contributed by atoms with van der Waals surface area (Å²) in [7, 11) is 1.69. The number of aliphatic imine (C=N–C) groups is 1. The molecule has 0 aromatic heterocycles. The van der Waals surface area contributed by atoms with Gasteiger partial charge in [-0.1, -0.05) is 19.1 Å². The summed E-state index contributed by atoms with van der Waals surface area (Å²) in [4.78, 5) is 18.8. The first-order valence-corrected chi connectivity index (χ1v) is 10.6. The summed E-state index contributed by atoms with van der Waals surface area (Å²) in [6, 6.07) is 7.92. The van der Waals surface area contributed by atoms with Crippen LogP contribution in [0.5, 0.6) is 0 Å². The lowest BCUT2D eigenvalue weighted by molar-refractivity contribution is -0.116. The molecular weight excluding hydrogens is 495 g/mol. The number of benzene rings is 1. The molecule has 1 fully saturated rings. The number of methoxy groups -OCH3 is 1. The second-order valence-corrected chi connectivity index (χ2v) is 7.33. The average molecular weight is 532 g/mol. The predicted molar refractivity (Wildman–Crippen MR) is 133 cm³/mol. The molecule has 1 amide bonds. The Morgan fingerprint density at radius 3 is 2.67 bits per heavy atom. The van der Waals surface area contributed by atoms with E-state index < -0.39 is 0 Å². The highest BCUT2D eigenvalue weighted by Crippen LogP contribution is 2.17. The third-order valence-electron chi connectivity index (χ3n) is 4.83. The Bertz CT molecular complexity index is 640. The molecule has 8 heteroatoms. The number of rotatable bonds is 11. The zero-order valence-corrected chi connectivity index (χ0v) is 20.8. The molecule has 0 saturated carbocycles. The molecule has 1 aromatic carbocycles. The van der Waals surface area contributed by atoms with Gasteiger partial charge in [-0.2, -0.15) is 0 Å². The van der Waals surface area contributed by atoms with E-state index in [9.17, 15) is 4.79 Å². The first-order chi connectivity index (χ1) is 14.2. The van der Waals surface area contributed by atoms with Crippen molar-refractivity contribution in [3.05, 3.63) is 29.8 Å². The van der Waals surface area contributed by atoms with Crippen LogP contribution >= 0.6 is 24.0 Å². The van der Waals surface area contributed by atoms with Gasteiger partial charge in [-0.05, 0) is 37.5 Å². The number of anilines is 1. The van der Waals surface area contributed by atoms with Crippen LogP contribution in [0.15, 0.2) is 29.3 Å². The minimum Gasteiger partial charge on any atom is -0.382 e. The number of carbonyl (C=O) groups is 1. The van der Waals surface area contributed by atoms with E-state index in [4.69, 9.17) is 14.5 Å². The third-order valence-corrected chi connectivity index (χ3v) is 4.83. The fourth-order valence-electron chi connectivity index (χ4n) is 3.29. The summed E-state index contributed by atoms with van der Waals surface area (Å²) >= 11 is 0. The molecule has 1 saturated heterocycles. The number of nitrogens with one attached hydrogen (secondary N) is 2. The Labute approximate surface area is 198 Å². The van der Waals surface area contributed by atoms with Crippen molar-refractivity contribution in [3.63, 3.8) is 0 Å². The normalized spacial score (nSPS) is 16.3. The van der Waals surface area contributed by atoms with Crippen LogP contribution in [0.3, 0.4) is 0 Å². The van der Waals surface area contributed by atoms with Gasteiger partial charge in [-0.15, -0.1) is 24.0 Å². The summed E-state index contributed by atoms with van der Waals surface area (Å²) in [5.41, 5.74) is 1.95. The van der Waals surface area contributed by atoms with Crippen LogP contribution in [-0.4, -0.2) is 63.3 Å². The molecule has 1 heterocycles. The van der Waals surface area contributed by atoms with Crippen molar-refractivity contribution < 1.29 is 14.3 Å². The number of nitrogens with zero attached hydrogens (tertiary/aromatic N) is 2. The number of carbonyl (C=O) groups excluding carboxylic acids is 1. The first kappa shape index (κ1) is 26.6. The van der Waals surface area contributed by atoms with Crippen LogP contribution in [0.4, 0.5) is 5.69 Å². The van der Waals surface area contributed by atoms with Crippen LogP contribution in [0.2, 0.25) is 0 Å². The van der Waals surface area contributed by atoms with Crippen molar-refractivity contribution in [1.82, 2.24) is 10.2 Å². The molecule has 170 valence electrons. The first-order valence-electron chi connectivity index (χ1n) is 10.6. The Kier molecular flexibility index (Phi) is 13.7. The highest BCUT2D eigenvalue weighted by molar-refractivity contribution is 14.0. The van der Waals surface area contributed by atoms with Crippen LogP contribution in [0, 0.1) is 5.92 Å². The molecule has 1 unspecified atom stereocenters. The standard InChI is InChI=1S/C22H36N4O3.HI/c1-4-6-21(27)25-20-9-7-18(8-10-20)15-24-22(23-5-2)26-12-11-19(16-26)17-29-14-13-28-3;/h7-10,19H,4-6,11-17H2,1-3H3,(H,23,24)(H,25,27);1H. The van der Waals surface area contributed by atoms with E-state index in [1.165, 1.54) is 0 Å². The highest BCUT2D eigenvalue weighted by Gasteiger charge is 2.24. The van der Waals surface area contributed by atoms with Crippen molar-refractivity contribution in [1.29, 1.82) is 0 Å². The number of guanidine groups is 1. The van der Waals surface area contributed by atoms with Crippen molar-refractivity contribution in [2.24, 2.45) is 10.9 Å². The van der Waals surface area contributed by atoms with Gasteiger partial charge in [-0.3, -0.25) is 4.79 Å². The number of amides is 1. The largest absolute Gasteiger partial charge is 0.382 e. The van der Waals surface area contributed by atoms with Gasteiger partial charge in [0.05, 0.1) is 26.4 Å². The fourth-order valence-corrected chi connectivity index (χ4v) is 3.29.